The molecule has 1 amide bonds. The molecule has 134 valence electrons. The van der Waals surface area contributed by atoms with E-state index in [1.165, 1.54) is 16.2 Å². The van der Waals surface area contributed by atoms with Gasteiger partial charge in [-0.1, -0.05) is 24.3 Å². The average molecular weight is 387 g/mol. The summed E-state index contributed by atoms with van der Waals surface area (Å²) in [6.07, 6.45) is 3.54. The van der Waals surface area contributed by atoms with E-state index < -0.39 is 5.97 Å². The van der Waals surface area contributed by atoms with Crippen molar-refractivity contribution >= 4 is 51.0 Å². The van der Waals surface area contributed by atoms with Crippen molar-refractivity contribution in [2.24, 2.45) is 0 Å². The molecular formula is C18H17N3O3S2. The second-order valence-electron chi connectivity index (χ2n) is 5.44. The van der Waals surface area contributed by atoms with Gasteiger partial charge in [0.25, 0.3) is 0 Å². The van der Waals surface area contributed by atoms with Crippen LogP contribution in [0.4, 0.5) is 5.13 Å². The highest BCUT2D eigenvalue weighted by atomic mass is 32.2. The largest absolute Gasteiger partial charge is 0.481 e. The molecule has 2 aromatic heterocycles. The summed E-state index contributed by atoms with van der Waals surface area (Å²) in [5.74, 6) is -1.14. The number of hydrogen-bond donors (Lipinski definition) is 2. The number of para-hydroxylation sites is 1. The summed E-state index contributed by atoms with van der Waals surface area (Å²) in [6, 6.07) is 7.96. The number of aliphatic carboxylic acids is 1. The van der Waals surface area contributed by atoms with Crippen LogP contribution in [0.15, 0.2) is 48.5 Å². The molecule has 6 nitrogen and oxygen atoms in total. The molecule has 8 heteroatoms. The smallest absolute Gasteiger partial charge is 0.313 e. The lowest BCUT2D eigenvalue weighted by Gasteiger charge is -2.17. The van der Waals surface area contributed by atoms with E-state index in [1.54, 1.807) is 6.08 Å². The van der Waals surface area contributed by atoms with E-state index in [9.17, 15) is 9.59 Å². The molecule has 3 rings (SSSR count). The fraction of sp³-hybridized carbons (Fsp3) is 0.167. The minimum Gasteiger partial charge on any atom is -0.481 e. The first-order chi connectivity index (χ1) is 12.6. The van der Waals surface area contributed by atoms with Gasteiger partial charge in [0.15, 0.2) is 5.13 Å². The molecule has 0 saturated carbocycles. The van der Waals surface area contributed by atoms with Crippen LogP contribution in [0.25, 0.3) is 22.2 Å². The van der Waals surface area contributed by atoms with Crippen molar-refractivity contribution in [3.05, 3.63) is 48.5 Å². The number of fused-ring (bicyclic) bond motifs is 1. The van der Waals surface area contributed by atoms with Crippen molar-refractivity contribution in [3.63, 3.8) is 0 Å². The number of carboxylic acids is 1. The van der Waals surface area contributed by atoms with Gasteiger partial charge >= 0.3 is 5.97 Å². The Morgan fingerprint density at radius 1 is 1.35 bits per heavy atom. The predicted octanol–water partition coefficient (Wildman–Crippen LogP) is 3.63. The van der Waals surface area contributed by atoms with Crippen LogP contribution in [0.5, 0.6) is 0 Å². The van der Waals surface area contributed by atoms with Crippen LogP contribution >= 0.6 is 23.1 Å². The van der Waals surface area contributed by atoms with Crippen LogP contribution in [0, 0.1) is 0 Å². The number of thiazole rings is 1. The second kappa shape index (κ2) is 8.20. The summed E-state index contributed by atoms with van der Waals surface area (Å²) in [4.78, 5) is 32.4. The molecule has 0 fully saturated rings. The Morgan fingerprint density at radius 3 is 2.92 bits per heavy atom. The van der Waals surface area contributed by atoms with Gasteiger partial charge in [-0.25, -0.2) is 4.98 Å². The number of nitrogens with zero attached hydrogens (tertiary/aromatic N) is 2. The van der Waals surface area contributed by atoms with Gasteiger partial charge in [0.2, 0.25) is 5.91 Å². The van der Waals surface area contributed by atoms with Gasteiger partial charge in [-0.2, -0.15) is 0 Å². The third kappa shape index (κ3) is 3.97. The molecule has 0 aliphatic heterocycles. The van der Waals surface area contributed by atoms with Crippen LogP contribution in [0.2, 0.25) is 0 Å². The quantitative estimate of drug-likeness (QED) is 0.577. The molecular weight excluding hydrogens is 370 g/mol. The van der Waals surface area contributed by atoms with Crippen LogP contribution in [0.1, 0.15) is 0 Å². The lowest BCUT2D eigenvalue weighted by molar-refractivity contribution is -0.133. The summed E-state index contributed by atoms with van der Waals surface area (Å²) >= 11 is 2.45. The van der Waals surface area contributed by atoms with Gasteiger partial charge in [0.05, 0.1) is 17.2 Å². The predicted molar refractivity (Wildman–Crippen MR) is 107 cm³/mol. The molecule has 0 unspecified atom stereocenters. The Kier molecular flexibility index (Phi) is 5.75. The third-order valence-corrected chi connectivity index (χ3v) is 5.42. The number of thioether (sulfide) groups is 1. The van der Waals surface area contributed by atoms with E-state index in [0.717, 1.165) is 33.9 Å². The minimum absolute atomic E-state index is 0.0855. The SMILES string of the molecule is C=CCN(C(=O)CSCC(=O)O)c1nc(-c2c[nH]c3ccccc23)cs1. The van der Waals surface area contributed by atoms with Crippen LogP contribution in [-0.4, -0.2) is 45.0 Å². The molecule has 0 spiro atoms. The molecule has 0 bridgehead atoms. The topological polar surface area (TPSA) is 86.3 Å². The fourth-order valence-corrected chi connectivity index (χ4v) is 3.97. The number of aromatic nitrogens is 2. The van der Waals surface area contributed by atoms with Crippen molar-refractivity contribution in [1.82, 2.24) is 9.97 Å². The van der Waals surface area contributed by atoms with Gasteiger partial charge in [0.1, 0.15) is 0 Å². The number of nitrogens with one attached hydrogen (secondary N) is 1. The van der Waals surface area contributed by atoms with Crippen molar-refractivity contribution < 1.29 is 14.7 Å². The van der Waals surface area contributed by atoms with Crippen LogP contribution in [-0.2, 0) is 9.59 Å². The minimum atomic E-state index is -0.936. The summed E-state index contributed by atoms with van der Waals surface area (Å²) in [6.45, 7) is 4.02. The lowest BCUT2D eigenvalue weighted by atomic mass is 10.1. The Balaban J connectivity index is 1.82. The fourth-order valence-electron chi connectivity index (χ4n) is 2.51. The highest BCUT2D eigenvalue weighted by Gasteiger charge is 2.19. The first kappa shape index (κ1) is 18.2. The Morgan fingerprint density at radius 2 is 2.15 bits per heavy atom. The Hall–Kier alpha value is -2.58. The number of anilines is 1. The lowest BCUT2D eigenvalue weighted by Crippen LogP contribution is -2.32. The van der Waals surface area contributed by atoms with Gasteiger partial charge in [-0.15, -0.1) is 29.7 Å². The summed E-state index contributed by atoms with van der Waals surface area (Å²) in [5.41, 5.74) is 2.80. The molecule has 0 aliphatic carbocycles. The third-order valence-electron chi connectivity index (χ3n) is 3.65. The number of H-pyrrole nitrogens is 1. The molecule has 0 aliphatic rings. The standard InChI is InChI=1S/C18H17N3O3S2/c1-2-7-21(16(22)10-25-11-17(23)24)18-20-15(9-26-18)13-8-19-14-6-4-3-5-12(13)14/h2-6,8-9,19H,1,7,10-11H2,(H,23,24). The van der Waals surface area contributed by atoms with E-state index in [-0.39, 0.29) is 17.4 Å². The van der Waals surface area contributed by atoms with Crippen molar-refractivity contribution in [2.45, 2.75) is 0 Å². The van der Waals surface area contributed by atoms with Crippen molar-refractivity contribution in [2.75, 3.05) is 23.0 Å². The highest BCUT2D eigenvalue weighted by Crippen LogP contribution is 2.32. The zero-order valence-electron chi connectivity index (χ0n) is 13.8. The first-order valence-electron chi connectivity index (χ1n) is 7.83. The number of hydrogen-bond acceptors (Lipinski definition) is 5. The molecule has 26 heavy (non-hydrogen) atoms. The van der Waals surface area contributed by atoms with Crippen molar-refractivity contribution in [1.29, 1.82) is 0 Å². The van der Waals surface area contributed by atoms with Crippen LogP contribution in [0.3, 0.4) is 0 Å². The van der Waals surface area contributed by atoms with E-state index in [2.05, 4.69) is 16.5 Å². The molecule has 0 saturated heterocycles. The van der Waals surface area contributed by atoms with Gasteiger partial charge < -0.3 is 10.1 Å². The zero-order valence-corrected chi connectivity index (χ0v) is 15.5. The molecule has 3 aromatic rings. The first-order valence-corrected chi connectivity index (χ1v) is 9.86. The zero-order chi connectivity index (χ0) is 18.5. The number of benzene rings is 1. The summed E-state index contributed by atoms with van der Waals surface area (Å²) in [5, 5.41) is 12.3. The molecule has 2 N–H and O–H groups in total. The number of amides is 1. The highest BCUT2D eigenvalue weighted by molar-refractivity contribution is 8.00. The monoisotopic (exact) mass is 387 g/mol. The van der Waals surface area contributed by atoms with Crippen LogP contribution < -0.4 is 4.90 Å². The Bertz CT molecular complexity index is 948. The molecule has 2 heterocycles. The Labute approximate surface area is 158 Å². The summed E-state index contributed by atoms with van der Waals surface area (Å²) < 4.78 is 0. The van der Waals surface area contributed by atoms with E-state index in [4.69, 9.17) is 5.11 Å². The maximum absolute atomic E-state index is 12.4. The van der Waals surface area contributed by atoms with E-state index >= 15 is 0 Å². The second-order valence-corrected chi connectivity index (χ2v) is 7.26. The van der Waals surface area contributed by atoms with E-state index in [0.29, 0.717) is 11.7 Å². The number of rotatable bonds is 8. The maximum atomic E-state index is 12.4. The molecule has 0 radical (unpaired) electrons. The number of carboxylic acid groups (broad SMARTS) is 1. The van der Waals surface area contributed by atoms with Gasteiger partial charge in [0, 0.05) is 34.6 Å². The molecule has 1 aromatic carbocycles. The molecule has 0 atom stereocenters. The van der Waals surface area contributed by atoms with Gasteiger partial charge in [-0.05, 0) is 6.07 Å². The number of carbonyl (C=O) groups is 2. The number of carbonyl (C=O) groups excluding carboxylic acids is 1. The normalized spacial score (nSPS) is 10.8. The van der Waals surface area contributed by atoms with Crippen molar-refractivity contribution in [3.8, 4) is 11.3 Å². The summed E-state index contributed by atoms with van der Waals surface area (Å²) in [7, 11) is 0. The van der Waals surface area contributed by atoms with E-state index in [1.807, 2.05) is 35.8 Å². The van der Waals surface area contributed by atoms with Gasteiger partial charge in [-0.3, -0.25) is 14.5 Å². The number of aromatic amines is 1. The average Bonchev–Trinajstić information content (AvgIpc) is 3.25. The maximum Gasteiger partial charge on any atom is 0.313 e.